The number of fused-ring (bicyclic) bond motifs is 2. The third-order valence-electron chi connectivity index (χ3n) is 9.32. The van der Waals surface area contributed by atoms with Crippen molar-refractivity contribution in [1.82, 2.24) is 14.8 Å². The van der Waals surface area contributed by atoms with Gasteiger partial charge in [0.1, 0.15) is 24.4 Å². The number of rotatable bonds is 7. The first-order valence-electron chi connectivity index (χ1n) is 16.0. The van der Waals surface area contributed by atoms with E-state index in [1.54, 1.807) is 30.3 Å². The average molecular weight is 656 g/mol. The molecule has 3 heterocycles. The van der Waals surface area contributed by atoms with E-state index in [1.165, 1.54) is 0 Å². The van der Waals surface area contributed by atoms with Gasteiger partial charge in [-0.25, -0.2) is 4.99 Å². The molecule has 2 aliphatic heterocycles. The lowest BCUT2D eigenvalue weighted by atomic mass is 9.79. The molecule has 0 radical (unpaired) electrons. The predicted molar refractivity (Wildman–Crippen MR) is 180 cm³/mol. The van der Waals surface area contributed by atoms with Crippen LogP contribution in [0.25, 0.3) is 10.9 Å². The maximum absolute atomic E-state index is 12.7. The number of H-pyrrole nitrogens is 1. The van der Waals surface area contributed by atoms with Crippen molar-refractivity contribution in [3.63, 3.8) is 0 Å². The number of amides is 1. The van der Waals surface area contributed by atoms with Gasteiger partial charge in [0, 0.05) is 48.3 Å². The number of aliphatic hydroxyl groups excluding tert-OH is 4. The second-order valence-corrected chi connectivity index (χ2v) is 12.7. The van der Waals surface area contributed by atoms with Gasteiger partial charge in [0.15, 0.2) is 5.88 Å². The van der Waals surface area contributed by atoms with Crippen molar-refractivity contribution >= 4 is 46.5 Å². The van der Waals surface area contributed by atoms with Crippen molar-refractivity contribution in [2.24, 2.45) is 4.99 Å². The van der Waals surface area contributed by atoms with Crippen LogP contribution in [0.4, 0.5) is 11.4 Å². The highest BCUT2D eigenvalue weighted by Gasteiger charge is 2.56. The van der Waals surface area contributed by atoms with Gasteiger partial charge in [-0.15, -0.1) is 0 Å². The molecule has 1 saturated carbocycles. The van der Waals surface area contributed by atoms with E-state index in [4.69, 9.17) is 14.3 Å². The summed E-state index contributed by atoms with van der Waals surface area (Å²) in [6.45, 7) is 3.93. The molecule has 0 unspecified atom stereocenters. The fourth-order valence-electron chi connectivity index (χ4n) is 6.58. The lowest BCUT2D eigenvalue weighted by Gasteiger charge is -2.39. The van der Waals surface area contributed by atoms with E-state index >= 15 is 0 Å². The highest BCUT2D eigenvalue weighted by Crippen LogP contribution is 2.34. The molecule has 3 fully saturated rings. The first-order chi connectivity index (χ1) is 23.2. The summed E-state index contributed by atoms with van der Waals surface area (Å²) >= 11 is 0. The number of aromatic amines is 1. The largest absolute Gasteiger partial charge is 0.494 e. The Labute approximate surface area is 277 Å². The molecular formula is C34H38BN5O8. The highest BCUT2D eigenvalue weighted by molar-refractivity contribution is 6.62. The maximum atomic E-state index is 12.7. The van der Waals surface area contributed by atoms with Crippen molar-refractivity contribution in [1.29, 1.82) is 0 Å². The zero-order valence-corrected chi connectivity index (χ0v) is 26.3. The molecule has 13 nitrogen and oxygen atoms in total. The van der Waals surface area contributed by atoms with Crippen molar-refractivity contribution in [2.75, 3.05) is 45.1 Å². The summed E-state index contributed by atoms with van der Waals surface area (Å²) in [7, 11) is 1.08. The molecular weight excluding hydrogens is 617 g/mol. The number of carbonyl (C=O) groups excluding carboxylic acids is 1. The molecule has 1 aromatic heterocycles. The summed E-state index contributed by atoms with van der Waals surface area (Å²) in [6, 6.07) is 22.0. The quantitative estimate of drug-likeness (QED) is 0.107. The Hall–Kier alpha value is -4.12. The van der Waals surface area contributed by atoms with Crippen LogP contribution in [-0.4, -0.2) is 135 Å². The SMILES string of the molecule is CN1CCN(CC(=O)Nc2ccc(N=C(c3ccccc3)c3c(O)[nH]c4cc(B5O[C@@H]6[C@@H](O)[C@H](O)[C@@H](O)[C@H](O)[C@@H]6O5)ccc34)cc2)CC1. The summed E-state index contributed by atoms with van der Waals surface area (Å²) in [4.78, 5) is 25.0. The van der Waals surface area contributed by atoms with E-state index < -0.39 is 43.7 Å². The third-order valence-corrected chi connectivity index (χ3v) is 9.32. The molecule has 0 bridgehead atoms. The second kappa shape index (κ2) is 13.4. The molecule has 1 amide bonds. The summed E-state index contributed by atoms with van der Waals surface area (Å²) in [5.74, 6) is -0.171. The number of aliphatic hydroxyl groups is 4. The fraction of sp³-hybridized carbons (Fsp3) is 0.353. The fourth-order valence-corrected chi connectivity index (χ4v) is 6.58. The van der Waals surface area contributed by atoms with E-state index in [-0.39, 0.29) is 11.8 Å². The lowest BCUT2D eigenvalue weighted by molar-refractivity contribution is -0.192. The Bertz CT molecular complexity index is 1770. The Morgan fingerprint density at radius 3 is 2.19 bits per heavy atom. The third kappa shape index (κ3) is 6.36. The van der Waals surface area contributed by atoms with E-state index in [9.17, 15) is 30.3 Å². The highest BCUT2D eigenvalue weighted by atomic mass is 16.7. The number of aliphatic imine (C=N–C) groups is 1. The van der Waals surface area contributed by atoms with Gasteiger partial charge in [-0.05, 0) is 42.8 Å². The second-order valence-electron chi connectivity index (χ2n) is 12.7. The summed E-state index contributed by atoms with van der Waals surface area (Å²) in [5.41, 5.74) is 4.15. The molecule has 3 aliphatic rings. The van der Waals surface area contributed by atoms with E-state index in [0.717, 1.165) is 31.7 Å². The number of hydrogen-bond donors (Lipinski definition) is 7. The topological polar surface area (TPSA) is 183 Å². The Kier molecular flexibility index (Phi) is 9.07. The summed E-state index contributed by atoms with van der Waals surface area (Å²) in [6.07, 6.45) is -8.13. The molecule has 6 atom stereocenters. The number of aromatic hydroxyl groups is 1. The van der Waals surface area contributed by atoms with Crippen LogP contribution in [0.2, 0.25) is 0 Å². The number of benzene rings is 3. The van der Waals surface area contributed by atoms with E-state index in [2.05, 4.69) is 27.1 Å². The molecule has 14 heteroatoms. The normalized spacial score (nSPS) is 26.9. The van der Waals surface area contributed by atoms with Gasteiger partial charge in [0.2, 0.25) is 5.91 Å². The number of aromatic nitrogens is 1. The Morgan fingerprint density at radius 2 is 1.54 bits per heavy atom. The molecule has 48 heavy (non-hydrogen) atoms. The molecule has 1 aliphatic carbocycles. The van der Waals surface area contributed by atoms with Crippen molar-refractivity contribution in [3.8, 4) is 5.88 Å². The van der Waals surface area contributed by atoms with Crippen LogP contribution in [0.1, 0.15) is 11.1 Å². The van der Waals surface area contributed by atoms with Crippen LogP contribution in [-0.2, 0) is 14.1 Å². The zero-order valence-electron chi connectivity index (χ0n) is 26.3. The number of likely N-dealkylation sites (N-methyl/N-ethyl adjacent to an activating group) is 1. The average Bonchev–Trinajstić information content (AvgIpc) is 3.68. The van der Waals surface area contributed by atoms with Crippen molar-refractivity contribution < 1.29 is 39.6 Å². The number of piperazine rings is 1. The lowest BCUT2D eigenvalue weighted by Crippen LogP contribution is -2.62. The van der Waals surface area contributed by atoms with E-state index in [0.29, 0.717) is 45.6 Å². The van der Waals surface area contributed by atoms with Gasteiger partial charge in [-0.2, -0.15) is 0 Å². The first-order valence-corrected chi connectivity index (χ1v) is 16.0. The molecule has 0 spiro atoms. The van der Waals surface area contributed by atoms with Gasteiger partial charge >= 0.3 is 7.12 Å². The minimum Gasteiger partial charge on any atom is -0.494 e. The summed E-state index contributed by atoms with van der Waals surface area (Å²) in [5, 5.41) is 55.9. The smallest absolute Gasteiger partial charge is 0.494 e. The Balaban J connectivity index is 1.14. The number of nitrogens with one attached hydrogen (secondary N) is 2. The maximum Gasteiger partial charge on any atom is 0.494 e. The molecule has 250 valence electrons. The monoisotopic (exact) mass is 655 g/mol. The number of nitrogens with zero attached hydrogens (tertiary/aromatic N) is 3. The van der Waals surface area contributed by atoms with Gasteiger partial charge in [0.05, 0.1) is 35.7 Å². The Morgan fingerprint density at radius 1 is 0.896 bits per heavy atom. The van der Waals surface area contributed by atoms with Crippen LogP contribution < -0.4 is 10.8 Å². The number of hydrogen-bond acceptors (Lipinski definition) is 11. The van der Waals surface area contributed by atoms with Gasteiger partial charge in [-0.1, -0.05) is 42.5 Å². The standard InChI is InChI=1S/C34H38BN5O8/c1-39-13-15-40(16-14-39)18-25(41)36-21-8-10-22(11-9-21)37-27(19-5-3-2-4-6-19)26-23-12-7-20(17-24(23)38-34(26)46)35-47-32-30(44)28(42)29(43)31(45)33(32)48-35/h2-12,17,28-33,38,42-46H,13-16,18H2,1H3,(H,36,41)/t28-,29-,30+,31+,32-,33+/m1/s1. The first kappa shape index (κ1) is 32.4. The molecule has 2 saturated heterocycles. The van der Waals surface area contributed by atoms with Gasteiger partial charge in [-0.3, -0.25) is 9.69 Å². The zero-order chi connectivity index (χ0) is 33.5. The molecule has 4 aromatic rings. The van der Waals surface area contributed by atoms with Crippen LogP contribution >= 0.6 is 0 Å². The van der Waals surface area contributed by atoms with Gasteiger partial charge < -0.3 is 50.0 Å². The number of carbonyl (C=O) groups is 1. The molecule has 3 aromatic carbocycles. The number of anilines is 1. The van der Waals surface area contributed by atoms with Crippen LogP contribution in [0.15, 0.2) is 77.8 Å². The minimum absolute atomic E-state index is 0.0708. The van der Waals surface area contributed by atoms with Crippen LogP contribution in [0, 0.1) is 0 Å². The van der Waals surface area contributed by atoms with Crippen LogP contribution in [0.3, 0.4) is 0 Å². The predicted octanol–water partition coefficient (Wildman–Crippen LogP) is 0.165. The van der Waals surface area contributed by atoms with Crippen molar-refractivity contribution in [3.05, 3.63) is 83.9 Å². The minimum atomic E-state index is -1.58. The van der Waals surface area contributed by atoms with Crippen molar-refractivity contribution in [2.45, 2.75) is 36.6 Å². The van der Waals surface area contributed by atoms with E-state index in [1.807, 2.05) is 42.5 Å². The molecule has 7 N–H and O–H groups in total. The summed E-state index contributed by atoms with van der Waals surface area (Å²) < 4.78 is 11.8. The van der Waals surface area contributed by atoms with Gasteiger partial charge in [0.25, 0.3) is 0 Å². The molecule has 7 rings (SSSR count). The van der Waals surface area contributed by atoms with Crippen LogP contribution in [0.5, 0.6) is 5.88 Å².